The topological polar surface area (TPSA) is 104 Å². The number of anilines is 3. The standard InChI is InChI=1S/C29H36N4O5/c1-29(2,3)38-28(35)33-17-23-14-24(33)16-32(23)26-11-8-20(21(18-36-4)13-27(34)37-5)12-25(26)31-22-9-6-19(15-30)7-10-22/h6-12,21,23-24,31H,13-14,16-18H2,1-5H3/t21?,23-,24-/m0/s1. The summed E-state index contributed by atoms with van der Waals surface area (Å²) in [5.41, 5.74) is 3.76. The first-order chi connectivity index (χ1) is 18.1. The van der Waals surface area contributed by atoms with Gasteiger partial charge >= 0.3 is 12.1 Å². The highest BCUT2D eigenvalue weighted by Crippen LogP contribution is 2.41. The zero-order valence-corrected chi connectivity index (χ0v) is 22.7. The molecule has 0 spiro atoms. The van der Waals surface area contributed by atoms with E-state index in [1.54, 1.807) is 19.2 Å². The van der Waals surface area contributed by atoms with Crippen LogP contribution in [-0.2, 0) is 19.0 Å². The molecule has 2 aliphatic rings. The lowest BCUT2D eigenvalue weighted by molar-refractivity contribution is -0.141. The lowest BCUT2D eigenvalue weighted by Crippen LogP contribution is -2.50. The first-order valence-electron chi connectivity index (χ1n) is 12.8. The second-order valence-corrected chi connectivity index (χ2v) is 10.9. The van der Waals surface area contributed by atoms with E-state index in [0.717, 1.165) is 29.0 Å². The number of amides is 1. The van der Waals surface area contributed by atoms with Crippen molar-refractivity contribution >= 4 is 29.1 Å². The third kappa shape index (κ3) is 6.20. The molecule has 38 heavy (non-hydrogen) atoms. The molecule has 2 aromatic rings. The van der Waals surface area contributed by atoms with E-state index in [4.69, 9.17) is 19.5 Å². The summed E-state index contributed by atoms with van der Waals surface area (Å²) >= 11 is 0. The normalized spacial score (nSPS) is 19.2. The van der Waals surface area contributed by atoms with Crippen LogP contribution in [0.4, 0.5) is 21.9 Å². The van der Waals surface area contributed by atoms with E-state index in [1.807, 2.05) is 43.9 Å². The summed E-state index contributed by atoms with van der Waals surface area (Å²) in [5, 5.41) is 12.7. The summed E-state index contributed by atoms with van der Waals surface area (Å²) in [6, 6.07) is 15.8. The van der Waals surface area contributed by atoms with Crippen LogP contribution in [0, 0.1) is 11.3 Å². The molecule has 2 heterocycles. The molecule has 0 radical (unpaired) electrons. The van der Waals surface area contributed by atoms with Gasteiger partial charge in [0.15, 0.2) is 0 Å². The molecule has 9 heteroatoms. The maximum atomic E-state index is 12.7. The maximum absolute atomic E-state index is 12.7. The zero-order chi connectivity index (χ0) is 27.4. The number of hydrogen-bond acceptors (Lipinski definition) is 8. The molecule has 1 N–H and O–H groups in total. The Morgan fingerprint density at radius 3 is 2.42 bits per heavy atom. The van der Waals surface area contributed by atoms with Crippen LogP contribution in [0.5, 0.6) is 0 Å². The van der Waals surface area contributed by atoms with Crippen molar-refractivity contribution in [1.29, 1.82) is 5.26 Å². The minimum absolute atomic E-state index is 0.0813. The Bertz CT molecular complexity index is 1200. The summed E-state index contributed by atoms with van der Waals surface area (Å²) in [7, 11) is 3.00. The van der Waals surface area contributed by atoms with E-state index in [1.165, 1.54) is 7.11 Å². The van der Waals surface area contributed by atoms with Crippen molar-refractivity contribution in [1.82, 2.24) is 4.90 Å². The van der Waals surface area contributed by atoms with Crippen LogP contribution in [0.2, 0.25) is 0 Å². The quantitative estimate of drug-likeness (QED) is 0.496. The fourth-order valence-corrected chi connectivity index (χ4v) is 5.21. The molecule has 9 nitrogen and oxygen atoms in total. The Kier molecular flexibility index (Phi) is 8.12. The van der Waals surface area contributed by atoms with Gasteiger partial charge in [0.1, 0.15) is 5.60 Å². The number of nitrogens with one attached hydrogen (secondary N) is 1. The molecule has 1 unspecified atom stereocenters. The zero-order valence-electron chi connectivity index (χ0n) is 22.7. The number of carbonyl (C=O) groups excluding carboxylic acids is 2. The molecule has 4 rings (SSSR count). The maximum Gasteiger partial charge on any atom is 0.410 e. The number of fused-ring (bicyclic) bond motifs is 2. The van der Waals surface area contributed by atoms with Gasteiger partial charge in [-0.05, 0) is 69.2 Å². The molecule has 2 bridgehead atoms. The first-order valence-corrected chi connectivity index (χ1v) is 12.8. The number of carbonyl (C=O) groups is 2. The summed E-state index contributed by atoms with van der Waals surface area (Å²) in [6.07, 6.45) is 0.826. The van der Waals surface area contributed by atoms with Crippen LogP contribution < -0.4 is 10.2 Å². The molecule has 0 aromatic heterocycles. The number of methoxy groups -OCH3 is 2. The molecule has 202 valence electrons. The Hall–Kier alpha value is -3.77. The number of nitrogens with zero attached hydrogens (tertiary/aromatic N) is 3. The lowest BCUT2D eigenvalue weighted by Gasteiger charge is -2.37. The molecule has 2 aliphatic heterocycles. The number of likely N-dealkylation sites (tertiary alicyclic amines) is 1. The minimum atomic E-state index is -0.532. The second-order valence-electron chi connectivity index (χ2n) is 10.9. The van der Waals surface area contributed by atoms with Crippen LogP contribution in [0.3, 0.4) is 0 Å². The smallest absolute Gasteiger partial charge is 0.410 e. The molecular weight excluding hydrogens is 484 g/mol. The van der Waals surface area contributed by atoms with Crippen LogP contribution >= 0.6 is 0 Å². The van der Waals surface area contributed by atoms with Gasteiger partial charge in [-0.1, -0.05) is 6.07 Å². The molecule has 0 saturated carbocycles. The average molecular weight is 521 g/mol. The third-order valence-corrected chi connectivity index (χ3v) is 6.97. The van der Waals surface area contributed by atoms with Gasteiger partial charge in [-0.15, -0.1) is 0 Å². The van der Waals surface area contributed by atoms with Gasteiger partial charge < -0.3 is 29.3 Å². The van der Waals surface area contributed by atoms with E-state index >= 15 is 0 Å². The van der Waals surface area contributed by atoms with Crippen molar-refractivity contribution in [2.75, 3.05) is 44.1 Å². The molecule has 2 aromatic carbocycles. The Labute approximate surface area is 224 Å². The van der Waals surface area contributed by atoms with E-state index in [-0.39, 0.29) is 36.5 Å². The highest BCUT2D eigenvalue weighted by atomic mass is 16.6. The van der Waals surface area contributed by atoms with Crippen LogP contribution in [0.1, 0.15) is 50.7 Å². The van der Waals surface area contributed by atoms with Gasteiger partial charge in [0.2, 0.25) is 0 Å². The van der Waals surface area contributed by atoms with Crippen molar-refractivity contribution < 1.29 is 23.8 Å². The molecule has 2 fully saturated rings. The molecular formula is C29H36N4O5. The third-order valence-electron chi connectivity index (χ3n) is 6.97. The van der Waals surface area contributed by atoms with Crippen molar-refractivity contribution in [3.63, 3.8) is 0 Å². The van der Waals surface area contributed by atoms with E-state index < -0.39 is 5.60 Å². The highest BCUT2D eigenvalue weighted by molar-refractivity contribution is 5.79. The van der Waals surface area contributed by atoms with Crippen molar-refractivity contribution in [2.24, 2.45) is 0 Å². The molecule has 3 atom stereocenters. The van der Waals surface area contributed by atoms with E-state index in [2.05, 4.69) is 28.4 Å². The number of nitriles is 1. The van der Waals surface area contributed by atoms with Gasteiger partial charge in [0.05, 0.1) is 49.2 Å². The highest BCUT2D eigenvalue weighted by Gasteiger charge is 2.47. The van der Waals surface area contributed by atoms with Crippen LogP contribution in [0.25, 0.3) is 0 Å². The average Bonchev–Trinajstić information content (AvgIpc) is 3.49. The van der Waals surface area contributed by atoms with Crippen molar-refractivity contribution in [2.45, 2.75) is 57.2 Å². The number of piperazine rings is 1. The summed E-state index contributed by atoms with van der Waals surface area (Å²) in [4.78, 5) is 29.0. The van der Waals surface area contributed by atoms with E-state index in [0.29, 0.717) is 25.3 Å². The van der Waals surface area contributed by atoms with Crippen LogP contribution in [0.15, 0.2) is 42.5 Å². The summed E-state index contributed by atoms with van der Waals surface area (Å²) in [6.45, 7) is 7.33. The van der Waals surface area contributed by atoms with Gasteiger partial charge in [-0.3, -0.25) is 4.79 Å². The van der Waals surface area contributed by atoms with Gasteiger partial charge in [0, 0.05) is 37.8 Å². The predicted molar refractivity (Wildman–Crippen MR) is 145 cm³/mol. The number of hydrogen-bond donors (Lipinski definition) is 1. The number of esters is 1. The predicted octanol–water partition coefficient (Wildman–Crippen LogP) is 4.79. The van der Waals surface area contributed by atoms with Crippen molar-refractivity contribution in [3.8, 4) is 6.07 Å². The fourth-order valence-electron chi connectivity index (χ4n) is 5.21. The van der Waals surface area contributed by atoms with Crippen molar-refractivity contribution in [3.05, 3.63) is 53.6 Å². The fraction of sp³-hybridized carbons (Fsp3) is 0.483. The lowest BCUT2D eigenvalue weighted by atomic mass is 9.95. The SMILES string of the molecule is COCC(CC(=O)OC)c1ccc(N2C[C@@H]3C[C@H]2CN3C(=O)OC(C)(C)C)c(Nc2ccc(C#N)cc2)c1. The largest absolute Gasteiger partial charge is 0.469 e. The minimum Gasteiger partial charge on any atom is -0.469 e. The monoisotopic (exact) mass is 520 g/mol. The summed E-state index contributed by atoms with van der Waals surface area (Å²) in [5.74, 6) is -0.461. The molecule has 2 saturated heterocycles. The van der Waals surface area contributed by atoms with Gasteiger partial charge in [-0.2, -0.15) is 5.26 Å². The Morgan fingerprint density at radius 1 is 1.11 bits per heavy atom. The Balaban J connectivity index is 1.62. The van der Waals surface area contributed by atoms with Gasteiger partial charge in [-0.25, -0.2) is 4.79 Å². The molecule has 0 aliphatic carbocycles. The molecule has 1 amide bonds. The van der Waals surface area contributed by atoms with E-state index in [9.17, 15) is 9.59 Å². The number of rotatable bonds is 8. The number of ether oxygens (including phenoxy) is 3. The Morgan fingerprint density at radius 2 is 1.84 bits per heavy atom. The summed E-state index contributed by atoms with van der Waals surface area (Å²) < 4.78 is 15.9. The second kappa shape index (κ2) is 11.3. The van der Waals surface area contributed by atoms with Gasteiger partial charge in [0.25, 0.3) is 0 Å². The number of benzene rings is 2. The van der Waals surface area contributed by atoms with Crippen LogP contribution in [-0.4, -0.2) is 68.6 Å². The first kappa shape index (κ1) is 27.3.